The van der Waals surface area contributed by atoms with Gasteiger partial charge in [0.05, 0.1) is 26.2 Å². The van der Waals surface area contributed by atoms with E-state index < -0.39 is 10.0 Å². The number of ether oxygens (including phenoxy) is 3. The Kier molecular flexibility index (Phi) is 6.52. The molecule has 1 aliphatic rings. The highest BCUT2D eigenvalue weighted by atomic mass is 32.2. The fraction of sp³-hybridized carbons (Fsp3) is 0.381. The molecule has 0 bridgehead atoms. The fourth-order valence-electron chi connectivity index (χ4n) is 3.42. The molecule has 2 aromatic carbocycles. The first-order valence-electron chi connectivity index (χ1n) is 9.48. The smallest absolute Gasteiger partial charge is 0.254 e. The minimum Gasteiger partial charge on any atom is -0.497 e. The molecule has 2 aromatic rings. The molecule has 0 N–H and O–H groups in total. The molecule has 0 aliphatic carbocycles. The number of carbonyl (C=O) groups is 1. The van der Waals surface area contributed by atoms with Crippen LogP contribution in [0.3, 0.4) is 0 Å². The minimum absolute atomic E-state index is 0.187. The SMILES string of the molecule is COc1ccc(S(=O)(=O)N2CCN(C(=O)c3cc(OC)c(C)c(OC)c3)CC2)cc1. The van der Waals surface area contributed by atoms with Gasteiger partial charge in [-0.3, -0.25) is 4.79 Å². The zero-order valence-electron chi connectivity index (χ0n) is 17.5. The summed E-state index contributed by atoms with van der Waals surface area (Å²) in [6.45, 7) is 2.90. The highest BCUT2D eigenvalue weighted by Crippen LogP contribution is 2.30. The molecule has 1 heterocycles. The molecule has 9 heteroatoms. The molecule has 0 aromatic heterocycles. The van der Waals surface area contributed by atoms with Gasteiger partial charge >= 0.3 is 0 Å². The van der Waals surface area contributed by atoms with Crippen molar-refractivity contribution in [3.63, 3.8) is 0 Å². The van der Waals surface area contributed by atoms with Gasteiger partial charge in [0.15, 0.2) is 0 Å². The van der Waals surface area contributed by atoms with Crippen LogP contribution >= 0.6 is 0 Å². The Hall–Kier alpha value is -2.78. The van der Waals surface area contributed by atoms with Crippen LogP contribution in [-0.4, -0.2) is 71.0 Å². The van der Waals surface area contributed by atoms with Gasteiger partial charge in [-0.15, -0.1) is 0 Å². The van der Waals surface area contributed by atoms with Gasteiger partial charge in [0, 0.05) is 37.3 Å². The van der Waals surface area contributed by atoms with Gasteiger partial charge in [-0.25, -0.2) is 8.42 Å². The fourth-order valence-corrected chi connectivity index (χ4v) is 4.84. The number of nitrogens with zero attached hydrogens (tertiary/aromatic N) is 2. The van der Waals surface area contributed by atoms with Crippen LogP contribution in [0.2, 0.25) is 0 Å². The van der Waals surface area contributed by atoms with Gasteiger partial charge in [0.25, 0.3) is 5.91 Å². The lowest BCUT2D eigenvalue weighted by atomic mass is 10.1. The third-order valence-electron chi connectivity index (χ3n) is 5.22. The first-order valence-corrected chi connectivity index (χ1v) is 10.9. The summed E-state index contributed by atoms with van der Waals surface area (Å²) in [5.41, 5.74) is 1.26. The van der Waals surface area contributed by atoms with Crippen molar-refractivity contribution in [2.45, 2.75) is 11.8 Å². The van der Waals surface area contributed by atoms with Crippen LogP contribution in [0.15, 0.2) is 41.3 Å². The maximum absolute atomic E-state index is 13.0. The van der Waals surface area contributed by atoms with Gasteiger partial charge in [0.1, 0.15) is 17.2 Å². The van der Waals surface area contributed by atoms with Gasteiger partial charge in [-0.05, 0) is 43.3 Å². The molecule has 1 aliphatic heterocycles. The van der Waals surface area contributed by atoms with Crippen molar-refractivity contribution < 1.29 is 27.4 Å². The second kappa shape index (κ2) is 8.93. The van der Waals surface area contributed by atoms with Gasteiger partial charge in [-0.2, -0.15) is 4.31 Å². The van der Waals surface area contributed by atoms with E-state index in [-0.39, 0.29) is 23.9 Å². The lowest BCUT2D eigenvalue weighted by Gasteiger charge is -2.34. The Morgan fingerprint density at radius 2 is 1.40 bits per heavy atom. The molecule has 30 heavy (non-hydrogen) atoms. The van der Waals surface area contributed by atoms with Gasteiger partial charge < -0.3 is 19.1 Å². The number of rotatable bonds is 6. The lowest BCUT2D eigenvalue weighted by Crippen LogP contribution is -2.50. The Morgan fingerprint density at radius 3 is 1.87 bits per heavy atom. The van der Waals surface area contributed by atoms with Crippen molar-refractivity contribution in [3.8, 4) is 17.2 Å². The van der Waals surface area contributed by atoms with Crippen molar-refractivity contribution in [1.29, 1.82) is 0 Å². The van der Waals surface area contributed by atoms with Gasteiger partial charge in [-0.1, -0.05) is 0 Å². The molecule has 0 radical (unpaired) electrons. The highest BCUT2D eigenvalue weighted by Gasteiger charge is 2.31. The average Bonchev–Trinajstić information content (AvgIpc) is 2.78. The number of amides is 1. The van der Waals surface area contributed by atoms with E-state index in [9.17, 15) is 13.2 Å². The first kappa shape index (κ1) is 21.9. The summed E-state index contributed by atoms with van der Waals surface area (Å²) in [5.74, 6) is 1.54. The number of piperazine rings is 1. The van der Waals surface area contributed by atoms with E-state index in [1.54, 1.807) is 43.4 Å². The molecule has 0 spiro atoms. The molecular formula is C21H26N2O6S. The molecule has 0 atom stereocenters. The Labute approximate surface area is 177 Å². The average molecular weight is 435 g/mol. The van der Waals surface area contributed by atoms with Crippen LogP contribution in [-0.2, 0) is 10.0 Å². The van der Waals surface area contributed by atoms with E-state index in [0.717, 1.165) is 5.56 Å². The molecule has 1 amide bonds. The van der Waals surface area contributed by atoms with Crippen LogP contribution in [0.25, 0.3) is 0 Å². The normalized spacial score (nSPS) is 15.0. The Bertz CT molecular complexity index is 987. The summed E-state index contributed by atoms with van der Waals surface area (Å²) < 4.78 is 42.9. The number of carbonyl (C=O) groups excluding carboxylic acids is 1. The van der Waals surface area contributed by atoms with Crippen LogP contribution in [0.5, 0.6) is 17.2 Å². The van der Waals surface area contributed by atoms with E-state index >= 15 is 0 Å². The second-order valence-electron chi connectivity index (χ2n) is 6.88. The van der Waals surface area contributed by atoms with Crippen molar-refractivity contribution in [2.75, 3.05) is 47.5 Å². The molecule has 3 rings (SSSR count). The van der Waals surface area contributed by atoms with Crippen molar-refractivity contribution in [1.82, 2.24) is 9.21 Å². The van der Waals surface area contributed by atoms with Crippen molar-refractivity contribution in [2.24, 2.45) is 0 Å². The van der Waals surface area contributed by atoms with Crippen molar-refractivity contribution in [3.05, 3.63) is 47.5 Å². The third kappa shape index (κ3) is 4.22. The van der Waals surface area contributed by atoms with Gasteiger partial charge in [0.2, 0.25) is 10.0 Å². The standard InChI is InChI=1S/C21H26N2O6S/c1-15-19(28-3)13-16(14-20(15)29-4)21(24)22-9-11-23(12-10-22)30(25,26)18-7-5-17(27-2)6-8-18/h5-8,13-14H,9-12H2,1-4H3. The van der Waals surface area contributed by atoms with E-state index in [2.05, 4.69) is 0 Å². The number of methoxy groups -OCH3 is 3. The number of benzene rings is 2. The lowest BCUT2D eigenvalue weighted by molar-refractivity contribution is 0.0697. The predicted molar refractivity (Wildman–Crippen MR) is 112 cm³/mol. The molecule has 0 unspecified atom stereocenters. The summed E-state index contributed by atoms with van der Waals surface area (Å²) in [6.07, 6.45) is 0. The summed E-state index contributed by atoms with van der Waals surface area (Å²) >= 11 is 0. The Balaban J connectivity index is 1.72. The second-order valence-corrected chi connectivity index (χ2v) is 8.82. The quantitative estimate of drug-likeness (QED) is 0.693. The molecule has 8 nitrogen and oxygen atoms in total. The summed E-state index contributed by atoms with van der Waals surface area (Å²) in [5, 5.41) is 0. The number of sulfonamides is 1. The molecule has 162 valence electrons. The van der Waals surface area contributed by atoms with Crippen LogP contribution in [0.1, 0.15) is 15.9 Å². The molecule has 0 saturated carbocycles. The summed E-state index contributed by atoms with van der Waals surface area (Å²) in [4.78, 5) is 14.8. The zero-order chi connectivity index (χ0) is 21.9. The molecule has 1 fully saturated rings. The van der Waals surface area contributed by atoms with Crippen molar-refractivity contribution >= 4 is 15.9 Å². The topological polar surface area (TPSA) is 85.4 Å². The van der Waals surface area contributed by atoms with Crippen LogP contribution in [0, 0.1) is 6.92 Å². The largest absolute Gasteiger partial charge is 0.497 e. The first-order chi connectivity index (χ1) is 14.3. The summed E-state index contributed by atoms with van der Waals surface area (Å²) in [6, 6.07) is 9.64. The van der Waals surface area contributed by atoms with E-state index in [0.29, 0.717) is 35.9 Å². The monoisotopic (exact) mass is 434 g/mol. The van der Waals surface area contributed by atoms with Crippen LogP contribution < -0.4 is 14.2 Å². The van der Waals surface area contributed by atoms with Crippen LogP contribution in [0.4, 0.5) is 0 Å². The molecular weight excluding hydrogens is 408 g/mol. The van der Waals surface area contributed by atoms with E-state index in [4.69, 9.17) is 14.2 Å². The zero-order valence-corrected chi connectivity index (χ0v) is 18.4. The Morgan fingerprint density at radius 1 is 0.867 bits per heavy atom. The predicted octanol–water partition coefficient (Wildman–Crippen LogP) is 2.17. The maximum atomic E-state index is 13.0. The summed E-state index contributed by atoms with van der Waals surface area (Å²) in [7, 11) is 0.980. The van der Waals surface area contributed by atoms with E-state index in [1.807, 2.05) is 6.92 Å². The highest BCUT2D eigenvalue weighted by molar-refractivity contribution is 7.89. The number of hydrogen-bond donors (Lipinski definition) is 0. The third-order valence-corrected chi connectivity index (χ3v) is 7.14. The molecule has 1 saturated heterocycles. The maximum Gasteiger partial charge on any atom is 0.254 e. The minimum atomic E-state index is -3.63. The van der Waals surface area contributed by atoms with E-state index in [1.165, 1.54) is 23.5 Å². The number of hydrogen-bond acceptors (Lipinski definition) is 6.